The van der Waals surface area contributed by atoms with Crippen LogP contribution in [0.5, 0.6) is 0 Å². The minimum atomic E-state index is 0.502. The van der Waals surface area contributed by atoms with Crippen molar-refractivity contribution in [2.75, 3.05) is 0 Å². The van der Waals surface area contributed by atoms with Gasteiger partial charge in [-0.25, -0.2) is 0 Å². The summed E-state index contributed by atoms with van der Waals surface area (Å²) >= 11 is 0. The molecule has 0 saturated heterocycles. The molecule has 0 aliphatic heterocycles. The van der Waals surface area contributed by atoms with Crippen molar-refractivity contribution in [1.29, 1.82) is 0 Å². The van der Waals surface area contributed by atoms with Crippen molar-refractivity contribution in [1.82, 2.24) is 5.10 Å². The minimum absolute atomic E-state index is 0.502. The maximum atomic E-state index is 10.9. The standard InChI is InChI=1S/C9H6N2O/c12-11-7-3-5-8-4-1-2-6-9(8)10-11/h1-2,4-7H/q+1. The monoisotopic (exact) mass is 158 g/mol. The Labute approximate surface area is 68.9 Å². The molecule has 2 rings (SSSR count). The second-order valence-corrected chi connectivity index (χ2v) is 2.40. The summed E-state index contributed by atoms with van der Waals surface area (Å²) in [5.74, 6) is 0. The summed E-state index contributed by atoms with van der Waals surface area (Å²) in [6.07, 6.45) is 1.25. The zero-order chi connectivity index (χ0) is 8.39. The highest BCUT2D eigenvalue weighted by atomic mass is 16.3. The van der Waals surface area contributed by atoms with Gasteiger partial charge in [0.2, 0.25) is 0 Å². The number of aromatic nitrogens is 2. The lowest BCUT2D eigenvalue weighted by molar-refractivity contribution is -0.560. The summed E-state index contributed by atoms with van der Waals surface area (Å²) in [6.45, 7) is 0. The van der Waals surface area contributed by atoms with E-state index in [1.165, 1.54) is 6.20 Å². The molecular formula is C9H6N2O+. The summed E-state index contributed by atoms with van der Waals surface area (Å²) in [4.78, 5) is 10.9. The number of benzene rings is 1. The minimum Gasteiger partial charge on any atom is -0.0615 e. The van der Waals surface area contributed by atoms with Crippen LogP contribution in [0.25, 0.3) is 10.9 Å². The van der Waals surface area contributed by atoms with Gasteiger partial charge >= 0.3 is 0 Å². The van der Waals surface area contributed by atoms with Gasteiger partial charge in [0.1, 0.15) is 5.52 Å². The van der Waals surface area contributed by atoms with Crippen molar-refractivity contribution in [3.63, 3.8) is 0 Å². The number of hydrogen-bond acceptors (Lipinski definition) is 2. The topological polar surface area (TPSA) is 35.9 Å². The Balaban J connectivity index is 2.98. The van der Waals surface area contributed by atoms with Crippen LogP contribution in [0.2, 0.25) is 0 Å². The number of rotatable bonds is 0. The summed E-state index contributed by atoms with van der Waals surface area (Å²) in [5.41, 5.74) is 0.675. The van der Waals surface area contributed by atoms with Gasteiger partial charge in [0.15, 0.2) is 4.54 Å². The van der Waals surface area contributed by atoms with Crippen molar-refractivity contribution in [3.05, 3.63) is 47.5 Å². The van der Waals surface area contributed by atoms with Crippen molar-refractivity contribution >= 4 is 10.9 Å². The van der Waals surface area contributed by atoms with Crippen LogP contribution in [-0.2, 0) is 0 Å². The molecule has 0 aliphatic carbocycles. The Kier molecular flexibility index (Phi) is 1.55. The molecule has 1 heterocycles. The number of nitrogens with zero attached hydrogens (tertiary/aromatic N) is 2. The SMILES string of the molecule is O=[n+]1c[c]cc2ccccc2n1. The van der Waals surface area contributed by atoms with Crippen LogP contribution in [0.1, 0.15) is 0 Å². The first kappa shape index (κ1) is 6.91. The van der Waals surface area contributed by atoms with Gasteiger partial charge in [0, 0.05) is 5.39 Å². The summed E-state index contributed by atoms with van der Waals surface area (Å²) in [7, 11) is 0. The van der Waals surface area contributed by atoms with Crippen LogP contribution < -0.4 is 4.54 Å². The predicted molar refractivity (Wildman–Crippen MR) is 43.9 cm³/mol. The lowest BCUT2D eigenvalue weighted by atomic mass is 10.2. The van der Waals surface area contributed by atoms with Gasteiger partial charge in [0.25, 0.3) is 6.20 Å². The lowest BCUT2D eigenvalue weighted by Gasteiger charge is -1.82. The van der Waals surface area contributed by atoms with Crippen LogP contribution in [0, 0.1) is 11.0 Å². The van der Waals surface area contributed by atoms with E-state index >= 15 is 0 Å². The molecular weight excluding hydrogens is 152 g/mol. The predicted octanol–water partition coefficient (Wildman–Crippen LogP) is 0.949. The Morgan fingerprint density at radius 2 is 2.17 bits per heavy atom. The van der Waals surface area contributed by atoms with E-state index in [1.807, 2.05) is 18.2 Å². The van der Waals surface area contributed by atoms with Crippen LogP contribution >= 0.6 is 0 Å². The molecule has 0 atom stereocenters. The zero-order valence-electron chi connectivity index (χ0n) is 6.27. The van der Waals surface area contributed by atoms with Crippen molar-refractivity contribution in [2.24, 2.45) is 0 Å². The van der Waals surface area contributed by atoms with E-state index in [2.05, 4.69) is 11.2 Å². The molecule has 3 nitrogen and oxygen atoms in total. The highest BCUT2D eigenvalue weighted by molar-refractivity contribution is 5.76. The van der Waals surface area contributed by atoms with E-state index in [-0.39, 0.29) is 0 Å². The summed E-state index contributed by atoms with van der Waals surface area (Å²) < 4.78 is 0.502. The molecule has 0 spiro atoms. The molecule has 2 aromatic rings. The van der Waals surface area contributed by atoms with E-state index < -0.39 is 0 Å². The highest BCUT2D eigenvalue weighted by Gasteiger charge is 1.95. The molecule has 0 bridgehead atoms. The van der Waals surface area contributed by atoms with Gasteiger partial charge in [-0.3, -0.25) is 0 Å². The van der Waals surface area contributed by atoms with Crippen molar-refractivity contribution in [2.45, 2.75) is 0 Å². The first-order valence-corrected chi connectivity index (χ1v) is 3.56. The molecule has 1 aromatic heterocycles. The third kappa shape index (κ3) is 1.16. The van der Waals surface area contributed by atoms with Crippen molar-refractivity contribution < 1.29 is 4.54 Å². The average molecular weight is 158 g/mol. The second kappa shape index (κ2) is 2.70. The fourth-order valence-corrected chi connectivity index (χ4v) is 1.03. The Morgan fingerprint density at radius 3 is 3.08 bits per heavy atom. The van der Waals surface area contributed by atoms with Gasteiger partial charge in [-0.15, -0.1) is 0 Å². The third-order valence-electron chi connectivity index (χ3n) is 1.57. The Morgan fingerprint density at radius 1 is 1.33 bits per heavy atom. The lowest BCUT2D eigenvalue weighted by Crippen LogP contribution is -2.14. The molecule has 1 radical (unpaired) electrons. The van der Waals surface area contributed by atoms with Gasteiger partial charge in [-0.1, -0.05) is 18.2 Å². The van der Waals surface area contributed by atoms with Gasteiger partial charge in [-0.2, -0.15) is 0 Å². The summed E-state index contributed by atoms with van der Waals surface area (Å²) in [6, 6.07) is 11.9. The summed E-state index contributed by atoms with van der Waals surface area (Å²) in [5, 5.41) is 4.68. The molecule has 0 amide bonds. The Bertz CT molecular complexity index is 468. The van der Waals surface area contributed by atoms with Crippen LogP contribution in [0.4, 0.5) is 0 Å². The molecule has 3 heteroatoms. The van der Waals surface area contributed by atoms with Gasteiger partial charge in [-0.05, 0) is 12.1 Å². The molecule has 0 fully saturated rings. The molecule has 0 unspecified atom stereocenters. The first-order valence-electron chi connectivity index (χ1n) is 3.56. The molecule has 0 saturated carbocycles. The smallest absolute Gasteiger partial charge is 0.0615 e. The van der Waals surface area contributed by atoms with Gasteiger partial charge < -0.3 is 0 Å². The van der Waals surface area contributed by atoms with E-state index in [0.717, 1.165) is 5.39 Å². The van der Waals surface area contributed by atoms with E-state index in [1.54, 1.807) is 12.1 Å². The third-order valence-corrected chi connectivity index (χ3v) is 1.57. The van der Waals surface area contributed by atoms with E-state index in [9.17, 15) is 4.91 Å². The van der Waals surface area contributed by atoms with Crippen LogP contribution in [0.15, 0.2) is 36.5 Å². The molecule has 0 aliphatic rings. The molecule has 1 aromatic carbocycles. The number of hydrogen-bond donors (Lipinski definition) is 0. The van der Waals surface area contributed by atoms with Gasteiger partial charge in [0.05, 0.1) is 16.1 Å². The van der Waals surface area contributed by atoms with Crippen molar-refractivity contribution in [3.8, 4) is 0 Å². The normalized spacial score (nSPS) is 10.0. The largest absolute Gasteiger partial charge is 0.268 e. The molecule has 57 valence electrons. The maximum absolute atomic E-state index is 10.9. The average Bonchev–Trinajstić information content (AvgIpc) is 2.25. The van der Waals surface area contributed by atoms with E-state index in [4.69, 9.17) is 0 Å². The number of fused-ring (bicyclic) bond motifs is 1. The maximum Gasteiger partial charge on any atom is 0.268 e. The fourth-order valence-electron chi connectivity index (χ4n) is 1.03. The Hall–Kier alpha value is -1.77. The molecule has 12 heavy (non-hydrogen) atoms. The first-order chi connectivity index (χ1) is 5.86. The second-order valence-electron chi connectivity index (χ2n) is 2.40. The molecule has 0 N–H and O–H groups in total. The van der Waals surface area contributed by atoms with Crippen LogP contribution in [-0.4, -0.2) is 5.10 Å². The fraction of sp³-hybridized carbons (Fsp3) is 0. The zero-order valence-corrected chi connectivity index (χ0v) is 6.27. The quantitative estimate of drug-likeness (QED) is 0.535. The van der Waals surface area contributed by atoms with E-state index in [0.29, 0.717) is 10.1 Å². The highest BCUT2D eigenvalue weighted by Crippen LogP contribution is 2.05. The van der Waals surface area contributed by atoms with Crippen LogP contribution in [0.3, 0.4) is 0 Å².